The molecule has 1 saturated heterocycles. The zero-order valence-electron chi connectivity index (χ0n) is 15.9. The summed E-state index contributed by atoms with van der Waals surface area (Å²) in [6.07, 6.45) is 0.696. The highest BCUT2D eigenvalue weighted by atomic mass is 35.5. The molecule has 29 heavy (non-hydrogen) atoms. The third-order valence-corrected chi connectivity index (χ3v) is 5.54. The minimum absolute atomic E-state index is 0.225. The van der Waals surface area contributed by atoms with Gasteiger partial charge in [-0.15, -0.1) is 0 Å². The maximum absolute atomic E-state index is 12.2. The van der Waals surface area contributed by atoms with Crippen LogP contribution in [0.1, 0.15) is 5.56 Å². The molecular formula is C22H22ClN3O3. The number of benzene rings is 2. The molecule has 0 amide bonds. The molecule has 0 saturated carbocycles. The average molecular weight is 412 g/mol. The molecule has 0 atom stereocenters. The molecule has 2 N–H and O–H groups in total. The molecule has 150 valence electrons. The molecule has 0 aliphatic carbocycles. The van der Waals surface area contributed by atoms with Crippen molar-refractivity contribution in [2.45, 2.75) is 6.42 Å². The van der Waals surface area contributed by atoms with Gasteiger partial charge in [-0.05, 0) is 42.3 Å². The molecule has 0 unspecified atom stereocenters. The van der Waals surface area contributed by atoms with Crippen LogP contribution in [0.25, 0.3) is 0 Å². The van der Waals surface area contributed by atoms with Crippen molar-refractivity contribution in [3.8, 4) is 5.75 Å². The standard InChI is InChI=1S/C22H22ClN3O3/c23-16-2-1-3-17(14-16)25-10-12-26(13-11-25)20-19(21(28)22(20)29)24-9-8-15-4-6-18(27)7-5-15/h1-7,14,24,27H,8-13H2. The van der Waals surface area contributed by atoms with Crippen molar-refractivity contribution in [1.82, 2.24) is 0 Å². The van der Waals surface area contributed by atoms with E-state index in [1.165, 1.54) is 0 Å². The number of rotatable bonds is 6. The minimum Gasteiger partial charge on any atom is -0.508 e. The number of phenols is 1. The van der Waals surface area contributed by atoms with Crippen molar-refractivity contribution in [3.63, 3.8) is 0 Å². The molecule has 4 rings (SSSR count). The van der Waals surface area contributed by atoms with Gasteiger partial charge in [0.15, 0.2) is 0 Å². The second-order valence-electron chi connectivity index (χ2n) is 7.18. The predicted molar refractivity (Wildman–Crippen MR) is 118 cm³/mol. The van der Waals surface area contributed by atoms with Gasteiger partial charge in [0.1, 0.15) is 17.1 Å². The largest absolute Gasteiger partial charge is 0.508 e. The first kappa shape index (κ1) is 19.3. The fourth-order valence-electron chi connectivity index (χ4n) is 3.70. The summed E-state index contributed by atoms with van der Waals surface area (Å²) in [6.45, 7) is 3.40. The van der Waals surface area contributed by atoms with E-state index < -0.39 is 10.9 Å². The number of anilines is 3. The van der Waals surface area contributed by atoms with E-state index in [0.29, 0.717) is 42.5 Å². The molecule has 7 heteroatoms. The highest BCUT2D eigenvalue weighted by molar-refractivity contribution is 6.30. The molecule has 0 radical (unpaired) electrons. The number of hydrogen-bond donors (Lipinski definition) is 2. The van der Waals surface area contributed by atoms with Crippen LogP contribution in [0.3, 0.4) is 0 Å². The molecule has 6 nitrogen and oxygen atoms in total. The second-order valence-corrected chi connectivity index (χ2v) is 7.62. The molecule has 3 aromatic rings. The van der Waals surface area contributed by atoms with Gasteiger partial charge in [-0.3, -0.25) is 9.59 Å². The highest BCUT2D eigenvalue weighted by Crippen LogP contribution is 2.25. The van der Waals surface area contributed by atoms with E-state index in [-0.39, 0.29) is 5.75 Å². The highest BCUT2D eigenvalue weighted by Gasteiger charge is 2.28. The van der Waals surface area contributed by atoms with E-state index in [4.69, 9.17) is 11.6 Å². The fraction of sp³-hybridized carbons (Fsp3) is 0.273. The number of nitrogens with zero attached hydrogens (tertiary/aromatic N) is 2. The summed E-state index contributed by atoms with van der Waals surface area (Å²) < 4.78 is 0. The van der Waals surface area contributed by atoms with E-state index in [0.717, 1.165) is 24.3 Å². The Kier molecular flexibility index (Phi) is 5.45. The van der Waals surface area contributed by atoms with Gasteiger partial charge in [-0.2, -0.15) is 0 Å². The summed E-state index contributed by atoms with van der Waals surface area (Å²) in [7, 11) is 0. The molecule has 1 fully saturated rings. The van der Waals surface area contributed by atoms with Crippen molar-refractivity contribution in [1.29, 1.82) is 0 Å². The Hall–Kier alpha value is -2.99. The molecular weight excluding hydrogens is 390 g/mol. The monoisotopic (exact) mass is 411 g/mol. The predicted octanol–water partition coefficient (Wildman–Crippen LogP) is 2.62. The van der Waals surface area contributed by atoms with E-state index >= 15 is 0 Å². The Morgan fingerprint density at radius 3 is 2.31 bits per heavy atom. The van der Waals surface area contributed by atoms with Gasteiger partial charge < -0.3 is 20.2 Å². The number of hydrogen-bond acceptors (Lipinski definition) is 6. The zero-order chi connectivity index (χ0) is 20.4. The molecule has 3 aromatic carbocycles. The summed E-state index contributed by atoms with van der Waals surface area (Å²) >= 11 is 6.08. The summed E-state index contributed by atoms with van der Waals surface area (Å²) in [5.74, 6) is 0.225. The van der Waals surface area contributed by atoms with Gasteiger partial charge in [-0.1, -0.05) is 29.8 Å². The SMILES string of the molecule is O=c1c(NCCc2ccc(O)cc2)c(N2CCN(c3cccc(Cl)c3)CC2)c1=O. The van der Waals surface area contributed by atoms with Crippen molar-refractivity contribution >= 4 is 28.7 Å². The molecule has 0 bridgehead atoms. The van der Waals surface area contributed by atoms with E-state index in [1.54, 1.807) is 12.1 Å². The van der Waals surface area contributed by atoms with Crippen molar-refractivity contribution in [3.05, 3.63) is 79.6 Å². The normalized spacial score (nSPS) is 14.4. The average Bonchev–Trinajstić information content (AvgIpc) is 2.74. The van der Waals surface area contributed by atoms with Crippen molar-refractivity contribution < 1.29 is 5.11 Å². The van der Waals surface area contributed by atoms with E-state index in [1.807, 2.05) is 41.3 Å². The van der Waals surface area contributed by atoms with Crippen molar-refractivity contribution in [2.24, 2.45) is 0 Å². The third kappa shape index (κ3) is 4.07. The number of piperazine rings is 1. The van der Waals surface area contributed by atoms with Crippen LogP contribution in [0.2, 0.25) is 5.02 Å². The molecule has 1 aliphatic rings. The van der Waals surface area contributed by atoms with Crippen LogP contribution in [0.15, 0.2) is 58.1 Å². The van der Waals surface area contributed by atoms with E-state index in [9.17, 15) is 14.7 Å². The Morgan fingerprint density at radius 1 is 0.931 bits per heavy atom. The first-order valence-corrected chi connectivity index (χ1v) is 10.0. The van der Waals surface area contributed by atoms with Crippen LogP contribution in [0, 0.1) is 0 Å². The summed E-state index contributed by atoms with van der Waals surface area (Å²) in [4.78, 5) is 28.5. The summed E-state index contributed by atoms with van der Waals surface area (Å²) in [5, 5.41) is 13.2. The first-order chi connectivity index (χ1) is 14.0. The van der Waals surface area contributed by atoms with Gasteiger partial charge in [0.25, 0.3) is 10.9 Å². The van der Waals surface area contributed by atoms with Crippen LogP contribution in [0.5, 0.6) is 5.75 Å². The Bertz CT molecular complexity index is 1070. The first-order valence-electron chi connectivity index (χ1n) is 9.63. The molecule has 0 spiro atoms. The fourth-order valence-corrected chi connectivity index (χ4v) is 3.89. The molecule has 0 aromatic heterocycles. The maximum atomic E-state index is 12.2. The Labute approximate surface area is 173 Å². The smallest absolute Gasteiger partial charge is 0.253 e. The minimum atomic E-state index is -0.442. The lowest BCUT2D eigenvalue weighted by molar-refractivity contribution is 0.475. The lowest BCUT2D eigenvalue weighted by Gasteiger charge is -2.38. The van der Waals surface area contributed by atoms with Gasteiger partial charge in [0, 0.05) is 43.4 Å². The maximum Gasteiger partial charge on any atom is 0.253 e. The zero-order valence-corrected chi connectivity index (χ0v) is 16.7. The number of halogens is 1. The number of nitrogens with one attached hydrogen (secondary N) is 1. The third-order valence-electron chi connectivity index (χ3n) is 5.31. The summed E-state index contributed by atoms with van der Waals surface area (Å²) in [5.41, 5.74) is 2.19. The Morgan fingerprint density at radius 2 is 1.62 bits per heavy atom. The van der Waals surface area contributed by atoms with Gasteiger partial charge in [0.05, 0.1) is 0 Å². The topological polar surface area (TPSA) is 72.9 Å². The molecule has 1 heterocycles. The van der Waals surface area contributed by atoms with Gasteiger partial charge in [-0.25, -0.2) is 0 Å². The van der Waals surface area contributed by atoms with Crippen LogP contribution < -0.4 is 26.0 Å². The number of aromatic hydroxyl groups is 1. The van der Waals surface area contributed by atoms with Crippen molar-refractivity contribution in [2.75, 3.05) is 47.8 Å². The van der Waals surface area contributed by atoms with Crippen LogP contribution in [-0.2, 0) is 6.42 Å². The van der Waals surface area contributed by atoms with Gasteiger partial charge >= 0.3 is 0 Å². The molecule has 1 aliphatic heterocycles. The van der Waals surface area contributed by atoms with Crippen LogP contribution >= 0.6 is 11.6 Å². The second kappa shape index (κ2) is 8.17. The summed E-state index contributed by atoms with van der Waals surface area (Å²) in [6, 6.07) is 14.7. The van der Waals surface area contributed by atoms with E-state index in [2.05, 4.69) is 10.2 Å². The van der Waals surface area contributed by atoms with Crippen LogP contribution in [-0.4, -0.2) is 37.8 Å². The Balaban J connectivity index is 1.37. The number of phenolic OH excluding ortho intramolecular Hbond substituents is 1. The quantitative estimate of drug-likeness (QED) is 0.607. The lowest BCUT2D eigenvalue weighted by atomic mass is 10.1. The lowest BCUT2D eigenvalue weighted by Crippen LogP contribution is -2.51. The van der Waals surface area contributed by atoms with Crippen LogP contribution in [0.4, 0.5) is 17.1 Å². The van der Waals surface area contributed by atoms with Gasteiger partial charge in [0.2, 0.25) is 0 Å².